The number of nitrogens with one attached hydrogen (secondary N) is 1. The largest absolute Gasteiger partial charge is 0.325 e. The second-order valence-electron chi connectivity index (χ2n) is 4.47. The Balaban J connectivity index is 1.97. The first kappa shape index (κ1) is 15.6. The van der Waals surface area contributed by atoms with Gasteiger partial charge in [-0.1, -0.05) is 12.1 Å². The molecule has 0 amide bonds. The van der Waals surface area contributed by atoms with Crippen molar-refractivity contribution in [2.24, 2.45) is 5.73 Å². The van der Waals surface area contributed by atoms with Crippen molar-refractivity contribution >= 4 is 10.0 Å². The molecule has 0 aliphatic carbocycles. The summed E-state index contributed by atoms with van der Waals surface area (Å²) >= 11 is 0. The van der Waals surface area contributed by atoms with Gasteiger partial charge in [0.2, 0.25) is 10.0 Å². The van der Waals surface area contributed by atoms with Crippen LogP contribution >= 0.6 is 0 Å². The predicted octanol–water partition coefficient (Wildman–Crippen LogP) is 1.20. The van der Waals surface area contributed by atoms with E-state index in [1.807, 2.05) is 0 Å². The van der Waals surface area contributed by atoms with Gasteiger partial charge in [-0.2, -0.15) is 0 Å². The lowest BCUT2D eigenvalue weighted by atomic mass is 10.1. The standard InChI is InChI=1S/C14H16FN3O2S/c15-12-3-1-2-11(8-12)6-7-18-21(19,20)14-5-4-13(9-16)17-10-14/h1-5,8,10,18H,6-7,9,16H2. The lowest BCUT2D eigenvalue weighted by Gasteiger charge is -2.07. The number of aromatic nitrogens is 1. The molecule has 0 radical (unpaired) electrons. The fourth-order valence-electron chi connectivity index (χ4n) is 1.80. The summed E-state index contributed by atoms with van der Waals surface area (Å²) in [7, 11) is -3.61. The first-order valence-electron chi connectivity index (χ1n) is 6.40. The summed E-state index contributed by atoms with van der Waals surface area (Å²) in [5, 5.41) is 0. The van der Waals surface area contributed by atoms with Crippen LogP contribution < -0.4 is 10.5 Å². The van der Waals surface area contributed by atoms with Gasteiger partial charge in [-0.15, -0.1) is 0 Å². The Morgan fingerprint density at radius 3 is 2.67 bits per heavy atom. The van der Waals surface area contributed by atoms with Gasteiger partial charge in [0.05, 0.1) is 5.69 Å². The van der Waals surface area contributed by atoms with Crippen LogP contribution in [-0.2, 0) is 23.0 Å². The topological polar surface area (TPSA) is 85.1 Å². The van der Waals surface area contributed by atoms with Gasteiger partial charge in [0, 0.05) is 19.3 Å². The number of nitrogens with zero attached hydrogens (tertiary/aromatic N) is 1. The predicted molar refractivity (Wildman–Crippen MR) is 77.4 cm³/mol. The van der Waals surface area contributed by atoms with Crippen molar-refractivity contribution in [3.8, 4) is 0 Å². The number of benzene rings is 1. The van der Waals surface area contributed by atoms with E-state index in [-0.39, 0.29) is 23.8 Å². The van der Waals surface area contributed by atoms with E-state index in [1.54, 1.807) is 18.2 Å². The van der Waals surface area contributed by atoms with Crippen LogP contribution in [0.2, 0.25) is 0 Å². The van der Waals surface area contributed by atoms with Crippen LogP contribution in [-0.4, -0.2) is 19.9 Å². The van der Waals surface area contributed by atoms with Crippen molar-refractivity contribution in [2.75, 3.05) is 6.54 Å². The molecule has 1 heterocycles. The second kappa shape index (κ2) is 6.75. The summed E-state index contributed by atoms with van der Waals surface area (Å²) in [6, 6.07) is 9.09. The minimum atomic E-state index is -3.61. The van der Waals surface area contributed by atoms with E-state index in [9.17, 15) is 12.8 Å². The Labute approximate surface area is 123 Å². The highest BCUT2D eigenvalue weighted by molar-refractivity contribution is 7.89. The Morgan fingerprint density at radius 1 is 1.24 bits per heavy atom. The fraction of sp³-hybridized carbons (Fsp3) is 0.214. The molecule has 5 nitrogen and oxygen atoms in total. The molecule has 0 fully saturated rings. The summed E-state index contributed by atoms with van der Waals surface area (Å²) in [6.45, 7) is 0.442. The quantitative estimate of drug-likeness (QED) is 0.839. The minimum Gasteiger partial charge on any atom is -0.325 e. The van der Waals surface area contributed by atoms with E-state index in [1.165, 1.54) is 24.4 Å². The van der Waals surface area contributed by atoms with Gasteiger partial charge in [-0.05, 0) is 36.2 Å². The highest BCUT2D eigenvalue weighted by atomic mass is 32.2. The summed E-state index contributed by atoms with van der Waals surface area (Å²) in [5.74, 6) is -0.336. The monoisotopic (exact) mass is 309 g/mol. The number of nitrogens with two attached hydrogens (primary N) is 1. The Kier molecular flexibility index (Phi) is 5.00. The van der Waals surface area contributed by atoms with E-state index in [0.29, 0.717) is 12.1 Å². The average Bonchev–Trinajstić information content (AvgIpc) is 2.47. The van der Waals surface area contributed by atoms with Crippen molar-refractivity contribution in [3.63, 3.8) is 0 Å². The van der Waals surface area contributed by atoms with Crippen LogP contribution in [0.5, 0.6) is 0 Å². The third kappa shape index (κ3) is 4.32. The molecule has 2 rings (SSSR count). The van der Waals surface area contributed by atoms with E-state index in [2.05, 4.69) is 9.71 Å². The maximum atomic E-state index is 13.0. The molecule has 0 unspecified atom stereocenters. The molecule has 0 aliphatic rings. The van der Waals surface area contributed by atoms with Gasteiger partial charge in [0.25, 0.3) is 0 Å². The molecule has 0 aliphatic heterocycles. The second-order valence-corrected chi connectivity index (χ2v) is 6.23. The van der Waals surface area contributed by atoms with E-state index >= 15 is 0 Å². The molecule has 7 heteroatoms. The zero-order chi connectivity index (χ0) is 15.3. The average molecular weight is 309 g/mol. The zero-order valence-corrected chi connectivity index (χ0v) is 12.1. The maximum Gasteiger partial charge on any atom is 0.242 e. The van der Waals surface area contributed by atoms with Gasteiger partial charge < -0.3 is 5.73 Å². The fourth-order valence-corrected chi connectivity index (χ4v) is 2.77. The van der Waals surface area contributed by atoms with Crippen LogP contribution in [0.1, 0.15) is 11.3 Å². The SMILES string of the molecule is NCc1ccc(S(=O)(=O)NCCc2cccc(F)c2)cn1. The molecule has 2 aromatic rings. The van der Waals surface area contributed by atoms with Crippen LogP contribution in [0, 0.1) is 5.82 Å². The molecule has 1 aromatic heterocycles. The lowest BCUT2D eigenvalue weighted by molar-refractivity contribution is 0.581. The maximum absolute atomic E-state index is 13.0. The molecule has 21 heavy (non-hydrogen) atoms. The Bertz CT molecular complexity index is 702. The van der Waals surface area contributed by atoms with E-state index in [0.717, 1.165) is 5.56 Å². The summed E-state index contributed by atoms with van der Waals surface area (Å²) in [6.07, 6.45) is 1.68. The lowest BCUT2D eigenvalue weighted by Crippen LogP contribution is -2.26. The van der Waals surface area contributed by atoms with Crippen LogP contribution in [0.25, 0.3) is 0 Å². The number of hydrogen-bond acceptors (Lipinski definition) is 4. The van der Waals surface area contributed by atoms with Gasteiger partial charge in [-0.25, -0.2) is 17.5 Å². The van der Waals surface area contributed by atoms with Crippen molar-refractivity contribution in [1.82, 2.24) is 9.71 Å². The third-order valence-corrected chi connectivity index (χ3v) is 4.36. The molecule has 1 aromatic carbocycles. The van der Waals surface area contributed by atoms with Crippen molar-refractivity contribution < 1.29 is 12.8 Å². The highest BCUT2D eigenvalue weighted by Gasteiger charge is 2.13. The first-order chi connectivity index (χ1) is 10.0. The van der Waals surface area contributed by atoms with Crippen LogP contribution in [0.4, 0.5) is 4.39 Å². The molecular formula is C14H16FN3O2S. The molecule has 3 N–H and O–H groups in total. The van der Waals surface area contributed by atoms with Gasteiger partial charge in [0.15, 0.2) is 0 Å². The normalized spacial score (nSPS) is 11.5. The van der Waals surface area contributed by atoms with Crippen molar-refractivity contribution in [3.05, 3.63) is 59.7 Å². The molecular weight excluding hydrogens is 293 g/mol. The molecule has 112 valence electrons. The highest BCUT2D eigenvalue weighted by Crippen LogP contribution is 2.08. The first-order valence-corrected chi connectivity index (χ1v) is 7.89. The number of rotatable bonds is 6. The molecule has 0 saturated carbocycles. The van der Waals surface area contributed by atoms with Crippen LogP contribution in [0.3, 0.4) is 0 Å². The van der Waals surface area contributed by atoms with Gasteiger partial charge in [0.1, 0.15) is 10.7 Å². The van der Waals surface area contributed by atoms with Gasteiger partial charge >= 0.3 is 0 Å². The molecule has 0 saturated heterocycles. The molecule has 0 spiro atoms. The van der Waals surface area contributed by atoms with E-state index < -0.39 is 10.0 Å². The summed E-state index contributed by atoms with van der Waals surface area (Å²) in [4.78, 5) is 4.03. The molecule has 0 bridgehead atoms. The number of halogens is 1. The van der Waals surface area contributed by atoms with E-state index in [4.69, 9.17) is 5.73 Å². The number of pyridine rings is 1. The van der Waals surface area contributed by atoms with Crippen molar-refractivity contribution in [1.29, 1.82) is 0 Å². The minimum absolute atomic E-state index is 0.0824. The summed E-state index contributed by atoms with van der Waals surface area (Å²) in [5.41, 5.74) is 6.76. The zero-order valence-electron chi connectivity index (χ0n) is 11.3. The number of sulfonamides is 1. The summed E-state index contributed by atoms with van der Waals surface area (Å²) < 4.78 is 39.5. The number of hydrogen-bond donors (Lipinski definition) is 2. The smallest absolute Gasteiger partial charge is 0.242 e. The Morgan fingerprint density at radius 2 is 2.05 bits per heavy atom. The Hall–Kier alpha value is -1.83. The van der Waals surface area contributed by atoms with Gasteiger partial charge in [-0.3, -0.25) is 4.98 Å². The molecule has 0 atom stereocenters. The van der Waals surface area contributed by atoms with Crippen LogP contribution in [0.15, 0.2) is 47.5 Å². The van der Waals surface area contributed by atoms with Crippen molar-refractivity contribution in [2.45, 2.75) is 17.9 Å². The third-order valence-electron chi connectivity index (χ3n) is 2.91.